The van der Waals surface area contributed by atoms with Gasteiger partial charge in [0.15, 0.2) is 5.65 Å². The Bertz CT molecular complexity index is 507. The van der Waals surface area contributed by atoms with Gasteiger partial charge in [-0.2, -0.15) is 4.98 Å². The molecule has 0 fully saturated rings. The number of terminal acetylenes is 1. The van der Waals surface area contributed by atoms with E-state index in [2.05, 4.69) is 21.3 Å². The van der Waals surface area contributed by atoms with E-state index in [0.29, 0.717) is 18.9 Å². The monoisotopic (exact) mass is 200 g/mol. The van der Waals surface area contributed by atoms with Gasteiger partial charge in [-0.05, 0) is 18.6 Å². The van der Waals surface area contributed by atoms with Gasteiger partial charge in [-0.1, -0.05) is 6.07 Å². The smallest absolute Gasteiger partial charge is 0.243 e. The molecule has 0 saturated heterocycles. The Hall–Kier alpha value is -2.02. The predicted octanol–water partition coefficient (Wildman–Crippen LogP) is 1.47. The summed E-state index contributed by atoms with van der Waals surface area (Å²) < 4.78 is 1.76. The van der Waals surface area contributed by atoms with E-state index in [1.54, 1.807) is 4.52 Å². The van der Waals surface area contributed by atoms with Crippen molar-refractivity contribution in [2.24, 2.45) is 0 Å². The van der Waals surface area contributed by atoms with Gasteiger partial charge in [0.1, 0.15) is 0 Å². The summed E-state index contributed by atoms with van der Waals surface area (Å²) in [6.45, 7) is 2.72. The van der Waals surface area contributed by atoms with E-state index in [-0.39, 0.29) is 0 Å². The molecule has 0 unspecified atom stereocenters. The first-order valence-electron chi connectivity index (χ1n) is 4.80. The summed E-state index contributed by atoms with van der Waals surface area (Å²) in [6.07, 6.45) is 7.77. The number of nitrogens with one attached hydrogen (secondary N) is 1. The van der Waals surface area contributed by atoms with Gasteiger partial charge in [0.05, 0.1) is 0 Å². The molecule has 0 saturated carbocycles. The molecule has 0 aliphatic heterocycles. The highest BCUT2D eigenvalue weighted by atomic mass is 15.3. The summed E-state index contributed by atoms with van der Waals surface area (Å²) in [5.41, 5.74) is 1.99. The number of anilines is 1. The molecule has 76 valence electrons. The first kappa shape index (κ1) is 9.53. The average Bonchev–Trinajstić information content (AvgIpc) is 2.60. The Kier molecular flexibility index (Phi) is 2.55. The van der Waals surface area contributed by atoms with Crippen LogP contribution in [0.5, 0.6) is 0 Å². The maximum atomic E-state index is 5.15. The number of hydrogen-bond acceptors (Lipinski definition) is 3. The molecule has 0 amide bonds. The van der Waals surface area contributed by atoms with Gasteiger partial charge in [-0.25, -0.2) is 4.52 Å². The Morgan fingerprint density at radius 1 is 1.53 bits per heavy atom. The lowest BCUT2D eigenvalue weighted by atomic mass is 10.3. The molecule has 0 atom stereocenters. The predicted molar refractivity (Wildman–Crippen MR) is 59.7 cm³/mol. The summed E-state index contributed by atoms with van der Waals surface area (Å²) in [5, 5.41) is 7.34. The van der Waals surface area contributed by atoms with Gasteiger partial charge < -0.3 is 5.32 Å². The topological polar surface area (TPSA) is 42.2 Å². The molecule has 0 aliphatic rings. The van der Waals surface area contributed by atoms with E-state index < -0.39 is 0 Å². The molecule has 0 radical (unpaired) electrons. The van der Waals surface area contributed by atoms with Crippen molar-refractivity contribution in [2.45, 2.75) is 13.3 Å². The molecule has 15 heavy (non-hydrogen) atoms. The van der Waals surface area contributed by atoms with Crippen LogP contribution in [0.15, 0.2) is 18.3 Å². The molecule has 0 spiro atoms. The standard InChI is InChI=1S/C11H12N4/c1-3-4-7-12-11-13-10-6-5-9(2)8-15(10)14-11/h1,5-6,8H,4,7H2,2H3,(H,12,14). The van der Waals surface area contributed by atoms with Crippen LogP contribution in [-0.2, 0) is 0 Å². The Labute approximate surface area is 88.3 Å². The second-order valence-electron chi connectivity index (χ2n) is 3.33. The van der Waals surface area contributed by atoms with E-state index in [0.717, 1.165) is 11.2 Å². The van der Waals surface area contributed by atoms with E-state index in [1.807, 2.05) is 25.3 Å². The lowest BCUT2D eigenvalue weighted by molar-refractivity contribution is 0.941. The third-order valence-corrected chi connectivity index (χ3v) is 2.03. The minimum absolute atomic E-state index is 0.621. The molecular formula is C11H12N4. The number of fused-ring (bicyclic) bond motifs is 1. The van der Waals surface area contributed by atoms with Crippen molar-refractivity contribution in [1.29, 1.82) is 0 Å². The van der Waals surface area contributed by atoms with E-state index >= 15 is 0 Å². The molecule has 0 aliphatic carbocycles. The Morgan fingerprint density at radius 3 is 3.20 bits per heavy atom. The fourth-order valence-corrected chi connectivity index (χ4v) is 1.31. The maximum Gasteiger partial charge on any atom is 0.243 e. The second kappa shape index (κ2) is 4.01. The number of rotatable bonds is 3. The van der Waals surface area contributed by atoms with Crippen LogP contribution < -0.4 is 5.32 Å². The van der Waals surface area contributed by atoms with Crippen LogP contribution in [0.3, 0.4) is 0 Å². The molecule has 2 heterocycles. The zero-order valence-corrected chi connectivity index (χ0v) is 8.57. The third kappa shape index (κ3) is 2.08. The third-order valence-electron chi connectivity index (χ3n) is 2.03. The number of aromatic nitrogens is 3. The minimum Gasteiger partial charge on any atom is -0.352 e. The van der Waals surface area contributed by atoms with Crippen molar-refractivity contribution in [1.82, 2.24) is 14.6 Å². The second-order valence-corrected chi connectivity index (χ2v) is 3.33. The van der Waals surface area contributed by atoms with Gasteiger partial charge in [0.25, 0.3) is 0 Å². The molecule has 4 nitrogen and oxygen atoms in total. The fourth-order valence-electron chi connectivity index (χ4n) is 1.31. The number of hydrogen-bond donors (Lipinski definition) is 1. The van der Waals surface area contributed by atoms with Crippen molar-refractivity contribution in [2.75, 3.05) is 11.9 Å². The zero-order chi connectivity index (χ0) is 10.7. The van der Waals surface area contributed by atoms with Crippen LogP contribution >= 0.6 is 0 Å². The van der Waals surface area contributed by atoms with Gasteiger partial charge in [-0.3, -0.25) is 0 Å². The molecule has 2 aromatic rings. The van der Waals surface area contributed by atoms with Gasteiger partial charge in [0, 0.05) is 19.2 Å². The van der Waals surface area contributed by atoms with Gasteiger partial charge >= 0.3 is 0 Å². The summed E-state index contributed by atoms with van der Waals surface area (Å²) >= 11 is 0. The fraction of sp³-hybridized carbons (Fsp3) is 0.273. The quantitative estimate of drug-likeness (QED) is 0.602. The first-order valence-corrected chi connectivity index (χ1v) is 4.80. The van der Waals surface area contributed by atoms with Crippen molar-refractivity contribution in [3.05, 3.63) is 23.9 Å². The summed E-state index contributed by atoms with van der Waals surface area (Å²) in [5.74, 6) is 3.18. The van der Waals surface area contributed by atoms with Crippen molar-refractivity contribution in [3.63, 3.8) is 0 Å². The lowest BCUT2D eigenvalue weighted by Crippen LogP contribution is -2.01. The van der Waals surface area contributed by atoms with Crippen LogP contribution in [0.25, 0.3) is 5.65 Å². The SMILES string of the molecule is C#CCCNc1nc2ccc(C)cn2n1. The summed E-state index contributed by atoms with van der Waals surface area (Å²) in [4.78, 5) is 4.30. The summed E-state index contributed by atoms with van der Waals surface area (Å²) in [7, 11) is 0. The number of pyridine rings is 1. The summed E-state index contributed by atoms with van der Waals surface area (Å²) in [6, 6.07) is 3.95. The molecule has 1 N–H and O–H groups in total. The highest BCUT2D eigenvalue weighted by molar-refractivity contribution is 5.44. The molecular weight excluding hydrogens is 188 g/mol. The van der Waals surface area contributed by atoms with Crippen molar-refractivity contribution in [3.8, 4) is 12.3 Å². The number of nitrogens with zero attached hydrogens (tertiary/aromatic N) is 3. The van der Waals surface area contributed by atoms with Gasteiger partial charge in [-0.15, -0.1) is 17.4 Å². The molecule has 0 aromatic carbocycles. The van der Waals surface area contributed by atoms with E-state index in [1.165, 1.54) is 0 Å². The average molecular weight is 200 g/mol. The maximum absolute atomic E-state index is 5.15. The molecule has 0 bridgehead atoms. The minimum atomic E-state index is 0.621. The largest absolute Gasteiger partial charge is 0.352 e. The van der Waals surface area contributed by atoms with Crippen LogP contribution in [0.1, 0.15) is 12.0 Å². The van der Waals surface area contributed by atoms with Crippen LogP contribution in [-0.4, -0.2) is 21.1 Å². The zero-order valence-electron chi connectivity index (χ0n) is 8.57. The van der Waals surface area contributed by atoms with Crippen LogP contribution in [0, 0.1) is 19.3 Å². The van der Waals surface area contributed by atoms with Crippen molar-refractivity contribution >= 4 is 11.6 Å². The number of aryl methyl sites for hydroxylation is 1. The Balaban J connectivity index is 2.20. The highest BCUT2D eigenvalue weighted by Crippen LogP contribution is 2.06. The lowest BCUT2D eigenvalue weighted by Gasteiger charge is -1.94. The van der Waals surface area contributed by atoms with E-state index in [4.69, 9.17) is 6.42 Å². The molecule has 2 aromatic heterocycles. The van der Waals surface area contributed by atoms with Crippen LogP contribution in [0.2, 0.25) is 0 Å². The first-order chi connectivity index (χ1) is 7.29. The highest BCUT2D eigenvalue weighted by Gasteiger charge is 2.01. The van der Waals surface area contributed by atoms with E-state index in [9.17, 15) is 0 Å². The Morgan fingerprint density at radius 2 is 2.40 bits per heavy atom. The van der Waals surface area contributed by atoms with Gasteiger partial charge in [0.2, 0.25) is 5.95 Å². The normalized spacial score (nSPS) is 10.1. The van der Waals surface area contributed by atoms with Crippen LogP contribution in [0.4, 0.5) is 5.95 Å². The molecule has 2 rings (SSSR count). The van der Waals surface area contributed by atoms with Crippen molar-refractivity contribution < 1.29 is 0 Å². The molecule has 4 heteroatoms.